The van der Waals surface area contributed by atoms with Crippen LogP contribution in [0.25, 0.3) is 11.1 Å². The number of carbonyl (C=O) groups is 1. The summed E-state index contributed by atoms with van der Waals surface area (Å²) in [6.07, 6.45) is 5.09. The number of oxazole rings is 1. The minimum atomic E-state index is 0.0382. The molecule has 3 heterocycles. The zero-order chi connectivity index (χ0) is 20.9. The number of amides is 1. The molecular formula is C23H34N4O3. The Bertz CT molecular complexity index is 792. The summed E-state index contributed by atoms with van der Waals surface area (Å²) in [4.78, 5) is 24.2. The fourth-order valence-electron chi connectivity index (χ4n) is 4.94. The molecular weight excluding hydrogens is 380 g/mol. The van der Waals surface area contributed by atoms with Gasteiger partial charge in [-0.15, -0.1) is 0 Å². The van der Waals surface area contributed by atoms with Crippen LogP contribution in [0.15, 0.2) is 28.7 Å². The van der Waals surface area contributed by atoms with E-state index in [4.69, 9.17) is 4.42 Å². The van der Waals surface area contributed by atoms with Crippen LogP contribution < -0.4 is 4.90 Å². The van der Waals surface area contributed by atoms with Crippen molar-refractivity contribution < 1.29 is 14.3 Å². The van der Waals surface area contributed by atoms with Crippen LogP contribution in [0.3, 0.4) is 0 Å². The summed E-state index contributed by atoms with van der Waals surface area (Å²) >= 11 is 0. The van der Waals surface area contributed by atoms with Crippen LogP contribution in [-0.4, -0.2) is 77.7 Å². The summed E-state index contributed by atoms with van der Waals surface area (Å²) in [6, 6.07) is 9.14. The molecule has 2 aliphatic rings. The lowest BCUT2D eigenvalue weighted by atomic mass is 9.93. The Morgan fingerprint density at radius 1 is 1.20 bits per heavy atom. The van der Waals surface area contributed by atoms with Crippen LogP contribution in [0.2, 0.25) is 0 Å². The molecule has 7 heteroatoms. The van der Waals surface area contributed by atoms with E-state index < -0.39 is 0 Å². The number of hydrogen-bond donors (Lipinski definition) is 1. The highest BCUT2D eigenvalue weighted by Gasteiger charge is 2.33. The number of aliphatic hydroxyl groups is 1. The predicted molar refractivity (Wildman–Crippen MR) is 117 cm³/mol. The number of para-hydroxylation sites is 2. The Balaban J connectivity index is 1.33. The van der Waals surface area contributed by atoms with E-state index >= 15 is 0 Å². The van der Waals surface area contributed by atoms with Crippen LogP contribution in [0.4, 0.5) is 6.01 Å². The summed E-state index contributed by atoms with van der Waals surface area (Å²) in [5.74, 6) is 0.284. The van der Waals surface area contributed by atoms with Crippen LogP contribution in [-0.2, 0) is 4.79 Å². The Labute approximate surface area is 178 Å². The number of likely N-dealkylation sites (tertiary alicyclic amines) is 1. The fraction of sp³-hybridized carbons (Fsp3) is 0.652. The first-order chi connectivity index (χ1) is 14.7. The van der Waals surface area contributed by atoms with Gasteiger partial charge in [0, 0.05) is 38.8 Å². The molecule has 164 valence electrons. The molecule has 7 nitrogen and oxygen atoms in total. The highest BCUT2D eigenvalue weighted by molar-refractivity contribution is 5.79. The van der Waals surface area contributed by atoms with Crippen molar-refractivity contribution in [1.29, 1.82) is 0 Å². The number of carbonyl (C=O) groups excluding carboxylic acids is 1. The van der Waals surface area contributed by atoms with Crippen molar-refractivity contribution in [3.05, 3.63) is 24.3 Å². The Morgan fingerprint density at radius 3 is 2.73 bits per heavy atom. The average Bonchev–Trinajstić information content (AvgIpc) is 3.23. The second-order valence-electron chi connectivity index (χ2n) is 8.57. The van der Waals surface area contributed by atoms with Gasteiger partial charge >= 0.3 is 0 Å². The van der Waals surface area contributed by atoms with Crippen LogP contribution in [0.1, 0.15) is 39.0 Å². The van der Waals surface area contributed by atoms with E-state index in [0.717, 1.165) is 81.9 Å². The van der Waals surface area contributed by atoms with Crippen molar-refractivity contribution in [2.24, 2.45) is 5.92 Å². The van der Waals surface area contributed by atoms with E-state index in [1.165, 1.54) is 0 Å². The maximum absolute atomic E-state index is 13.0. The molecule has 1 amide bonds. The molecule has 2 aliphatic heterocycles. The molecule has 1 atom stereocenters. The van der Waals surface area contributed by atoms with E-state index in [1.807, 2.05) is 29.2 Å². The molecule has 0 saturated carbocycles. The van der Waals surface area contributed by atoms with Crippen molar-refractivity contribution in [2.75, 3.05) is 50.8 Å². The van der Waals surface area contributed by atoms with Gasteiger partial charge in [-0.25, -0.2) is 0 Å². The number of aliphatic hydroxyl groups excluding tert-OH is 1. The van der Waals surface area contributed by atoms with E-state index in [1.54, 1.807) is 0 Å². The van der Waals surface area contributed by atoms with Gasteiger partial charge in [0.2, 0.25) is 5.91 Å². The Hall–Kier alpha value is -2.12. The molecule has 2 aromatic rings. The lowest BCUT2D eigenvalue weighted by molar-refractivity contribution is -0.138. The van der Waals surface area contributed by atoms with Crippen LogP contribution >= 0.6 is 0 Å². The third-order valence-corrected chi connectivity index (χ3v) is 6.51. The summed E-state index contributed by atoms with van der Waals surface area (Å²) < 4.78 is 5.94. The van der Waals surface area contributed by atoms with Crippen molar-refractivity contribution in [3.8, 4) is 0 Å². The Kier molecular flexibility index (Phi) is 6.89. The van der Waals surface area contributed by atoms with Crippen molar-refractivity contribution in [1.82, 2.24) is 14.8 Å². The predicted octanol–water partition coefficient (Wildman–Crippen LogP) is 2.74. The van der Waals surface area contributed by atoms with Crippen molar-refractivity contribution >= 4 is 23.0 Å². The summed E-state index contributed by atoms with van der Waals surface area (Å²) in [5.41, 5.74) is 1.75. The second-order valence-corrected chi connectivity index (χ2v) is 8.57. The van der Waals surface area contributed by atoms with Crippen LogP contribution in [0.5, 0.6) is 0 Å². The number of rotatable bonds is 7. The van der Waals surface area contributed by atoms with E-state index in [9.17, 15) is 9.90 Å². The average molecular weight is 415 g/mol. The Morgan fingerprint density at radius 2 is 2.00 bits per heavy atom. The highest BCUT2D eigenvalue weighted by atomic mass is 16.4. The van der Waals surface area contributed by atoms with Crippen molar-refractivity contribution in [2.45, 2.75) is 45.1 Å². The molecule has 30 heavy (non-hydrogen) atoms. The van der Waals surface area contributed by atoms with E-state index in [0.29, 0.717) is 12.6 Å². The van der Waals surface area contributed by atoms with Gasteiger partial charge in [-0.3, -0.25) is 9.69 Å². The normalized spacial score (nSPS) is 21.3. The van der Waals surface area contributed by atoms with Gasteiger partial charge < -0.3 is 19.3 Å². The number of fused-ring (bicyclic) bond motifs is 1. The van der Waals surface area contributed by atoms with Gasteiger partial charge in [-0.2, -0.15) is 4.98 Å². The van der Waals surface area contributed by atoms with Gasteiger partial charge in [0.25, 0.3) is 6.01 Å². The maximum atomic E-state index is 13.0. The topological polar surface area (TPSA) is 73.1 Å². The molecule has 1 aromatic heterocycles. The van der Waals surface area contributed by atoms with Gasteiger partial charge in [0.1, 0.15) is 5.52 Å². The first kappa shape index (κ1) is 21.1. The van der Waals surface area contributed by atoms with Gasteiger partial charge in [0.15, 0.2) is 5.58 Å². The monoisotopic (exact) mass is 414 g/mol. The molecule has 2 fully saturated rings. The largest absolute Gasteiger partial charge is 0.423 e. The first-order valence-corrected chi connectivity index (χ1v) is 11.4. The lowest BCUT2D eigenvalue weighted by Crippen LogP contribution is -2.51. The first-order valence-electron chi connectivity index (χ1n) is 11.4. The molecule has 1 unspecified atom stereocenters. The molecule has 1 aromatic carbocycles. The zero-order valence-electron chi connectivity index (χ0n) is 18.0. The molecule has 0 aliphatic carbocycles. The molecule has 0 radical (unpaired) electrons. The number of anilines is 1. The van der Waals surface area contributed by atoms with Gasteiger partial charge in [0.05, 0.1) is 12.5 Å². The lowest BCUT2D eigenvalue weighted by Gasteiger charge is -2.42. The molecule has 4 rings (SSSR count). The van der Waals surface area contributed by atoms with E-state index in [-0.39, 0.29) is 18.4 Å². The molecule has 1 N–H and O–H groups in total. The van der Waals surface area contributed by atoms with Crippen molar-refractivity contribution in [3.63, 3.8) is 0 Å². The smallest absolute Gasteiger partial charge is 0.298 e. The minimum Gasteiger partial charge on any atom is -0.423 e. The summed E-state index contributed by atoms with van der Waals surface area (Å²) in [7, 11) is 0. The van der Waals surface area contributed by atoms with Gasteiger partial charge in [-0.05, 0) is 50.8 Å². The number of benzene rings is 1. The molecule has 2 saturated heterocycles. The number of nitrogens with zero attached hydrogens (tertiary/aromatic N) is 4. The third kappa shape index (κ3) is 4.62. The van der Waals surface area contributed by atoms with Gasteiger partial charge in [-0.1, -0.05) is 19.1 Å². The number of piperidine rings is 2. The van der Waals surface area contributed by atoms with Crippen LogP contribution in [0, 0.1) is 5.92 Å². The number of hydrogen-bond acceptors (Lipinski definition) is 6. The fourth-order valence-corrected chi connectivity index (χ4v) is 4.94. The zero-order valence-corrected chi connectivity index (χ0v) is 18.0. The summed E-state index contributed by atoms with van der Waals surface area (Å²) in [5, 5.41) is 9.31. The molecule has 0 spiro atoms. The highest BCUT2D eigenvalue weighted by Crippen LogP contribution is 2.28. The molecule has 0 bridgehead atoms. The standard InChI is InChI=1S/C23H34N4O3/c1-2-11-25(15-16-28)22(29)18-6-5-12-27(17-18)19-9-13-26(14-10-19)23-24-20-7-3-4-8-21(20)30-23/h3-4,7-8,18-19,28H,2,5-6,9-17H2,1H3. The number of aromatic nitrogens is 1. The maximum Gasteiger partial charge on any atom is 0.298 e. The second kappa shape index (κ2) is 9.79. The summed E-state index contributed by atoms with van der Waals surface area (Å²) in [6.45, 7) is 7.08. The minimum absolute atomic E-state index is 0.0382. The SMILES string of the molecule is CCCN(CCO)C(=O)C1CCCN(C2CCN(c3nc4ccccc4o3)CC2)C1. The van der Waals surface area contributed by atoms with E-state index in [2.05, 4.69) is 21.7 Å². The quantitative estimate of drug-likeness (QED) is 0.751. The third-order valence-electron chi connectivity index (χ3n) is 6.51.